The Bertz CT molecular complexity index is 382. The first kappa shape index (κ1) is 10.4. The summed E-state index contributed by atoms with van der Waals surface area (Å²) in [5.74, 6) is -0.129. The van der Waals surface area contributed by atoms with Gasteiger partial charge in [-0.15, -0.1) is 0 Å². The van der Waals surface area contributed by atoms with Gasteiger partial charge < -0.3 is 4.84 Å². The fourth-order valence-corrected chi connectivity index (χ4v) is 1.35. The molecule has 0 atom stereocenters. The molecule has 0 saturated heterocycles. The number of carbonyl (C=O) groups excluding carboxylic acids is 1. The average molecular weight is 268 g/mol. The molecule has 0 amide bonds. The van der Waals surface area contributed by atoms with E-state index in [0.29, 0.717) is 0 Å². The Kier molecular flexibility index (Phi) is 3.16. The average Bonchev–Trinajstić information content (AvgIpc) is 3.04. The van der Waals surface area contributed by atoms with Crippen LogP contribution in [-0.2, 0) is 9.63 Å². The highest BCUT2D eigenvalue weighted by atomic mass is 79.9. The minimum Gasteiger partial charge on any atom is -0.318 e. The summed E-state index contributed by atoms with van der Waals surface area (Å²) in [5.41, 5.74) is 0.904. The van der Waals surface area contributed by atoms with Crippen LogP contribution in [0.15, 0.2) is 33.9 Å². The summed E-state index contributed by atoms with van der Waals surface area (Å²) in [7, 11) is 0. The Balaban J connectivity index is 1.87. The van der Waals surface area contributed by atoms with Gasteiger partial charge in [0.2, 0.25) is 0 Å². The highest BCUT2D eigenvalue weighted by Gasteiger charge is 2.31. The molecule has 0 unspecified atom stereocenters. The minimum absolute atomic E-state index is 0.0899. The SMILES string of the molecule is O=C(O/N=C/c1ccc(Br)cc1)C1CC1. The third-order valence-corrected chi connectivity index (χ3v) is 2.65. The van der Waals surface area contributed by atoms with Crippen LogP contribution in [0.3, 0.4) is 0 Å². The zero-order chi connectivity index (χ0) is 10.7. The lowest BCUT2D eigenvalue weighted by Crippen LogP contribution is -2.01. The maximum atomic E-state index is 11.1. The van der Waals surface area contributed by atoms with E-state index >= 15 is 0 Å². The fourth-order valence-electron chi connectivity index (χ4n) is 1.08. The predicted octanol–water partition coefficient (Wildman–Crippen LogP) is 2.74. The number of halogens is 1. The molecule has 0 N–H and O–H groups in total. The maximum absolute atomic E-state index is 11.1. The summed E-state index contributed by atoms with van der Waals surface area (Å²) in [5, 5.41) is 3.64. The number of rotatable bonds is 3. The molecular formula is C11H10BrNO2. The van der Waals surface area contributed by atoms with Gasteiger partial charge in [-0.25, -0.2) is 4.79 Å². The van der Waals surface area contributed by atoms with E-state index in [-0.39, 0.29) is 11.9 Å². The van der Waals surface area contributed by atoms with Gasteiger partial charge in [-0.1, -0.05) is 33.2 Å². The molecule has 1 fully saturated rings. The lowest BCUT2D eigenvalue weighted by Gasteiger charge is -1.94. The Morgan fingerprint density at radius 1 is 1.40 bits per heavy atom. The molecule has 78 valence electrons. The van der Waals surface area contributed by atoms with Gasteiger partial charge in [-0.2, -0.15) is 0 Å². The lowest BCUT2D eigenvalue weighted by atomic mass is 10.2. The van der Waals surface area contributed by atoms with Crippen LogP contribution >= 0.6 is 15.9 Å². The predicted molar refractivity (Wildman–Crippen MR) is 60.6 cm³/mol. The van der Waals surface area contributed by atoms with Gasteiger partial charge in [0.1, 0.15) is 0 Å². The third-order valence-electron chi connectivity index (χ3n) is 2.13. The van der Waals surface area contributed by atoms with Gasteiger partial charge >= 0.3 is 5.97 Å². The molecule has 0 bridgehead atoms. The quantitative estimate of drug-likeness (QED) is 0.480. The van der Waals surface area contributed by atoms with Crippen molar-refractivity contribution in [2.45, 2.75) is 12.8 Å². The molecule has 1 aliphatic rings. The summed E-state index contributed by atoms with van der Waals surface area (Å²) in [6.45, 7) is 0. The molecule has 15 heavy (non-hydrogen) atoms. The molecule has 0 aliphatic heterocycles. The number of oxime groups is 1. The van der Waals surface area contributed by atoms with E-state index < -0.39 is 0 Å². The van der Waals surface area contributed by atoms with E-state index in [0.717, 1.165) is 22.9 Å². The largest absolute Gasteiger partial charge is 0.338 e. The molecular weight excluding hydrogens is 258 g/mol. The van der Waals surface area contributed by atoms with E-state index in [1.165, 1.54) is 6.21 Å². The van der Waals surface area contributed by atoms with Gasteiger partial charge in [0.25, 0.3) is 0 Å². The molecule has 1 aromatic carbocycles. The Labute approximate surface area is 96.2 Å². The zero-order valence-electron chi connectivity index (χ0n) is 8.02. The number of carbonyl (C=O) groups is 1. The molecule has 4 heteroatoms. The van der Waals surface area contributed by atoms with Crippen molar-refractivity contribution in [2.75, 3.05) is 0 Å². The summed E-state index contributed by atoms with van der Waals surface area (Å²) in [6.07, 6.45) is 3.41. The fraction of sp³-hybridized carbons (Fsp3) is 0.273. The van der Waals surface area contributed by atoms with Crippen molar-refractivity contribution in [1.82, 2.24) is 0 Å². The van der Waals surface area contributed by atoms with Crippen LogP contribution in [0.25, 0.3) is 0 Å². The van der Waals surface area contributed by atoms with Gasteiger partial charge in [-0.05, 0) is 30.5 Å². The van der Waals surface area contributed by atoms with Crippen LogP contribution in [0.5, 0.6) is 0 Å². The smallest absolute Gasteiger partial charge is 0.318 e. The first-order valence-corrected chi connectivity index (χ1v) is 5.55. The van der Waals surface area contributed by atoms with Crippen LogP contribution in [0.4, 0.5) is 0 Å². The standard InChI is InChI=1S/C11H10BrNO2/c12-10-5-1-8(2-6-10)7-13-15-11(14)9-3-4-9/h1-2,5-7,9H,3-4H2/b13-7+. The molecule has 1 aromatic rings. The van der Waals surface area contributed by atoms with Gasteiger partial charge in [0.05, 0.1) is 12.1 Å². The molecule has 0 aromatic heterocycles. The van der Waals surface area contributed by atoms with E-state index in [1.54, 1.807) is 0 Å². The normalized spacial score (nSPS) is 15.5. The highest BCUT2D eigenvalue weighted by Crippen LogP contribution is 2.30. The van der Waals surface area contributed by atoms with Crippen molar-refractivity contribution < 1.29 is 9.63 Å². The monoisotopic (exact) mass is 267 g/mol. The number of hydrogen-bond acceptors (Lipinski definition) is 3. The van der Waals surface area contributed by atoms with E-state index in [4.69, 9.17) is 4.84 Å². The molecule has 1 saturated carbocycles. The number of hydrogen-bond donors (Lipinski definition) is 0. The second-order valence-electron chi connectivity index (χ2n) is 3.47. The summed E-state index contributed by atoms with van der Waals surface area (Å²) >= 11 is 3.33. The van der Waals surface area contributed by atoms with Crippen LogP contribution < -0.4 is 0 Å². The number of benzene rings is 1. The van der Waals surface area contributed by atoms with Crippen molar-refractivity contribution >= 4 is 28.1 Å². The van der Waals surface area contributed by atoms with Gasteiger partial charge in [-0.3, -0.25) is 0 Å². The Hall–Kier alpha value is -1.16. The first-order chi connectivity index (χ1) is 7.25. The summed E-state index contributed by atoms with van der Waals surface area (Å²) in [4.78, 5) is 15.8. The van der Waals surface area contributed by atoms with Crippen molar-refractivity contribution in [2.24, 2.45) is 11.1 Å². The van der Waals surface area contributed by atoms with E-state index in [1.807, 2.05) is 24.3 Å². The van der Waals surface area contributed by atoms with Gasteiger partial charge in [0, 0.05) is 4.47 Å². The highest BCUT2D eigenvalue weighted by molar-refractivity contribution is 9.10. The maximum Gasteiger partial charge on any atom is 0.338 e. The van der Waals surface area contributed by atoms with Crippen LogP contribution in [-0.4, -0.2) is 12.2 Å². The van der Waals surface area contributed by atoms with Crippen molar-refractivity contribution in [3.05, 3.63) is 34.3 Å². The number of nitrogens with zero attached hydrogens (tertiary/aromatic N) is 1. The van der Waals surface area contributed by atoms with Crippen molar-refractivity contribution in [1.29, 1.82) is 0 Å². The van der Waals surface area contributed by atoms with Crippen molar-refractivity contribution in [3.63, 3.8) is 0 Å². The molecule has 0 heterocycles. The topological polar surface area (TPSA) is 38.7 Å². The lowest BCUT2D eigenvalue weighted by molar-refractivity contribution is -0.145. The minimum atomic E-state index is -0.219. The van der Waals surface area contributed by atoms with Crippen molar-refractivity contribution in [3.8, 4) is 0 Å². The molecule has 2 rings (SSSR count). The molecule has 0 spiro atoms. The van der Waals surface area contributed by atoms with E-state index in [9.17, 15) is 4.79 Å². The summed E-state index contributed by atoms with van der Waals surface area (Å²) < 4.78 is 1.01. The zero-order valence-corrected chi connectivity index (χ0v) is 9.61. The molecule has 3 nitrogen and oxygen atoms in total. The second-order valence-corrected chi connectivity index (χ2v) is 4.39. The second kappa shape index (κ2) is 4.57. The van der Waals surface area contributed by atoms with Crippen LogP contribution in [0, 0.1) is 5.92 Å². The van der Waals surface area contributed by atoms with Gasteiger partial charge in [0.15, 0.2) is 0 Å². The van der Waals surface area contributed by atoms with Crippen LogP contribution in [0.2, 0.25) is 0 Å². The molecule has 1 aliphatic carbocycles. The molecule has 0 radical (unpaired) electrons. The Morgan fingerprint density at radius 3 is 2.67 bits per heavy atom. The van der Waals surface area contributed by atoms with Crippen LogP contribution in [0.1, 0.15) is 18.4 Å². The van der Waals surface area contributed by atoms with E-state index in [2.05, 4.69) is 21.1 Å². The first-order valence-electron chi connectivity index (χ1n) is 4.75. The third kappa shape index (κ3) is 3.16. The summed E-state index contributed by atoms with van der Waals surface area (Å²) in [6, 6.07) is 7.59. The Morgan fingerprint density at radius 2 is 2.07 bits per heavy atom.